The van der Waals surface area contributed by atoms with Crippen LogP contribution in [0.25, 0.3) is 0 Å². The van der Waals surface area contributed by atoms with Crippen LogP contribution in [-0.2, 0) is 20.9 Å². The lowest BCUT2D eigenvalue weighted by atomic mass is 10.2. The highest BCUT2D eigenvalue weighted by Gasteiger charge is 2.36. The van der Waals surface area contributed by atoms with Gasteiger partial charge in [-0.3, -0.25) is 9.78 Å². The van der Waals surface area contributed by atoms with Crippen LogP contribution < -0.4 is 5.43 Å². The van der Waals surface area contributed by atoms with Crippen molar-refractivity contribution in [1.82, 2.24) is 19.7 Å². The van der Waals surface area contributed by atoms with Crippen LogP contribution in [0.5, 0.6) is 0 Å². The summed E-state index contributed by atoms with van der Waals surface area (Å²) in [6.45, 7) is 7.50. The normalized spacial score (nSPS) is 18.0. The molecule has 1 aromatic heterocycles. The van der Waals surface area contributed by atoms with Crippen LogP contribution in [0.4, 0.5) is 0 Å². The Morgan fingerprint density at radius 2 is 2.04 bits per heavy atom. The van der Waals surface area contributed by atoms with Gasteiger partial charge in [0.2, 0.25) is 0 Å². The van der Waals surface area contributed by atoms with Gasteiger partial charge in [-0.05, 0) is 27.7 Å². The van der Waals surface area contributed by atoms with Crippen LogP contribution in [0.3, 0.4) is 0 Å². The standard InChI is InChI=1S/C14H21N5O3S/c1-9(19(5)23(21)14(2,3)4)11-12(16-7-6-15-11)13-18-17-10(20)8-22-13/h6-7,9H,8H2,1-5H3,(H,17,20). The van der Waals surface area contributed by atoms with Gasteiger partial charge >= 0.3 is 0 Å². The predicted octanol–water partition coefficient (Wildman–Crippen LogP) is 0.740. The monoisotopic (exact) mass is 339 g/mol. The maximum absolute atomic E-state index is 12.6. The van der Waals surface area contributed by atoms with E-state index in [2.05, 4.69) is 20.5 Å². The summed E-state index contributed by atoms with van der Waals surface area (Å²) in [6, 6.07) is -0.275. The van der Waals surface area contributed by atoms with Gasteiger partial charge in [0.1, 0.15) is 10.4 Å². The van der Waals surface area contributed by atoms with Crippen LogP contribution in [0.15, 0.2) is 17.5 Å². The van der Waals surface area contributed by atoms with Crippen molar-refractivity contribution >= 4 is 23.2 Å². The van der Waals surface area contributed by atoms with E-state index in [-0.39, 0.29) is 24.5 Å². The van der Waals surface area contributed by atoms with Gasteiger partial charge in [0.15, 0.2) is 6.61 Å². The average Bonchev–Trinajstić information content (AvgIpc) is 2.52. The largest absolute Gasteiger partial charge is 0.597 e. The first-order valence-electron chi connectivity index (χ1n) is 7.17. The van der Waals surface area contributed by atoms with Gasteiger partial charge in [0, 0.05) is 30.8 Å². The van der Waals surface area contributed by atoms with Crippen molar-refractivity contribution in [3.8, 4) is 0 Å². The number of rotatable bonds is 4. The topological polar surface area (TPSA) is 103 Å². The minimum absolute atomic E-state index is 0.118. The fourth-order valence-corrected chi connectivity index (χ4v) is 3.25. The van der Waals surface area contributed by atoms with E-state index in [0.29, 0.717) is 11.4 Å². The molecular formula is C14H21N5O3S. The van der Waals surface area contributed by atoms with E-state index in [4.69, 9.17) is 4.74 Å². The Morgan fingerprint density at radius 1 is 1.39 bits per heavy atom. The van der Waals surface area contributed by atoms with Gasteiger partial charge in [-0.15, -0.1) is 9.41 Å². The molecule has 2 unspecified atom stereocenters. The second-order valence-electron chi connectivity index (χ2n) is 6.11. The number of hydrogen-bond donors (Lipinski definition) is 1. The fraction of sp³-hybridized carbons (Fsp3) is 0.571. The zero-order chi connectivity index (χ0) is 17.2. The number of hydrogen-bond acceptors (Lipinski definition) is 7. The van der Waals surface area contributed by atoms with E-state index in [1.807, 2.05) is 27.7 Å². The van der Waals surface area contributed by atoms with Crippen LogP contribution in [0, 0.1) is 0 Å². The van der Waals surface area contributed by atoms with Crippen molar-refractivity contribution in [3.63, 3.8) is 0 Å². The molecule has 0 aliphatic carbocycles. The molecule has 8 nitrogen and oxygen atoms in total. The van der Waals surface area contributed by atoms with Gasteiger partial charge < -0.3 is 9.29 Å². The molecule has 0 bridgehead atoms. The van der Waals surface area contributed by atoms with Crippen LogP contribution in [0.1, 0.15) is 45.1 Å². The molecule has 2 rings (SSSR count). The molecule has 1 amide bonds. The van der Waals surface area contributed by atoms with Crippen molar-refractivity contribution in [2.75, 3.05) is 13.7 Å². The molecule has 2 atom stereocenters. The molecule has 0 saturated heterocycles. The molecule has 1 aromatic rings. The Bertz CT molecular complexity index is 617. The van der Waals surface area contributed by atoms with Crippen molar-refractivity contribution in [3.05, 3.63) is 23.8 Å². The molecule has 0 radical (unpaired) electrons. The summed E-state index contributed by atoms with van der Waals surface area (Å²) in [5.74, 6) is -0.118. The van der Waals surface area contributed by atoms with E-state index in [9.17, 15) is 9.35 Å². The third-order valence-corrected chi connectivity index (χ3v) is 5.16. The predicted molar refractivity (Wildman–Crippen MR) is 86.7 cm³/mol. The number of ether oxygens (including phenoxy) is 1. The van der Waals surface area contributed by atoms with Crippen LogP contribution >= 0.6 is 0 Å². The number of nitrogens with one attached hydrogen (secondary N) is 1. The van der Waals surface area contributed by atoms with Gasteiger partial charge in [-0.2, -0.15) is 0 Å². The molecule has 9 heteroatoms. The highest BCUT2D eigenvalue weighted by atomic mass is 32.2. The molecule has 1 N–H and O–H groups in total. The van der Waals surface area contributed by atoms with E-state index in [0.717, 1.165) is 0 Å². The molecule has 0 spiro atoms. The van der Waals surface area contributed by atoms with E-state index >= 15 is 0 Å². The zero-order valence-corrected chi connectivity index (χ0v) is 14.7. The third kappa shape index (κ3) is 3.98. The number of carbonyl (C=O) groups is 1. The molecule has 1 aliphatic rings. The second-order valence-corrected chi connectivity index (χ2v) is 8.41. The molecule has 1 aliphatic heterocycles. The minimum Gasteiger partial charge on any atom is -0.597 e. The van der Waals surface area contributed by atoms with E-state index < -0.39 is 16.1 Å². The Kier molecular flexibility index (Phi) is 5.23. The summed E-state index contributed by atoms with van der Waals surface area (Å²) in [7, 11) is 1.77. The van der Waals surface area contributed by atoms with Gasteiger partial charge in [0.05, 0.1) is 11.7 Å². The summed E-state index contributed by atoms with van der Waals surface area (Å²) in [5.41, 5.74) is 3.37. The number of nitrogens with zero attached hydrogens (tertiary/aromatic N) is 4. The van der Waals surface area contributed by atoms with E-state index in [1.54, 1.807) is 17.5 Å². The second kappa shape index (κ2) is 6.81. The lowest BCUT2D eigenvalue weighted by molar-refractivity contribution is -0.124. The van der Waals surface area contributed by atoms with Gasteiger partial charge in [-0.1, -0.05) is 0 Å². The lowest BCUT2D eigenvalue weighted by Crippen LogP contribution is -2.42. The highest BCUT2D eigenvalue weighted by molar-refractivity contribution is 7.90. The molecule has 23 heavy (non-hydrogen) atoms. The van der Waals surface area contributed by atoms with Crippen molar-refractivity contribution < 1.29 is 14.1 Å². The number of carbonyl (C=O) groups excluding carboxylic acids is 1. The average molecular weight is 339 g/mol. The molecular weight excluding hydrogens is 318 g/mol. The first-order chi connectivity index (χ1) is 10.7. The van der Waals surface area contributed by atoms with Crippen molar-refractivity contribution in [1.29, 1.82) is 0 Å². The number of hydrazone groups is 1. The SMILES string of the molecule is CC(c1nccnc1C1=NNC(=O)CO1)N(C)[S+]([O-])C(C)(C)C. The summed E-state index contributed by atoms with van der Waals surface area (Å²) in [6.07, 6.45) is 3.08. The molecule has 0 saturated carbocycles. The Hall–Kier alpha value is -1.71. The number of amides is 1. The maximum Gasteiger partial charge on any atom is 0.278 e. The molecule has 2 heterocycles. The first kappa shape index (κ1) is 17.6. The smallest absolute Gasteiger partial charge is 0.278 e. The molecule has 0 fully saturated rings. The number of aromatic nitrogens is 2. The third-order valence-electron chi connectivity index (χ3n) is 3.28. The van der Waals surface area contributed by atoms with Gasteiger partial charge in [-0.25, -0.2) is 10.4 Å². The Balaban J connectivity index is 2.31. The minimum atomic E-state index is -1.22. The van der Waals surface area contributed by atoms with Crippen molar-refractivity contribution in [2.45, 2.75) is 38.5 Å². The lowest BCUT2D eigenvalue weighted by Gasteiger charge is -2.33. The van der Waals surface area contributed by atoms with E-state index in [1.165, 1.54) is 6.20 Å². The summed E-state index contributed by atoms with van der Waals surface area (Å²) >= 11 is -1.22. The van der Waals surface area contributed by atoms with Crippen LogP contribution in [-0.4, -0.2) is 49.0 Å². The fourth-order valence-electron chi connectivity index (χ4n) is 2.00. The maximum atomic E-state index is 12.6. The summed E-state index contributed by atoms with van der Waals surface area (Å²) in [4.78, 5) is 19.7. The Labute approximate surface area is 138 Å². The summed E-state index contributed by atoms with van der Waals surface area (Å²) in [5, 5.41) is 3.87. The van der Waals surface area contributed by atoms with Crippen LogP contribution in [0.2, 0.25) is 0 Å². The zero-order valence-electron chi connectivity index (χ0n) is 13.9. The molecule has 0 aromatic carbocycles. The molecule has 126 valence electrons. The quantitative estimate of drug-likeness (QED) is 0.812. The van der Waals surface area contributed by atoms with Crippen molar-refractivity contribution in [2.24, 2.45) is 5.10 Å². The summed E-state index contributed by atoms with van der Waals surface area (Å²) < 4.78 is 19.2. The Morgan fingerprint density at radius 3 is 2.61 bits per heavy atom. The van der Waals surface area contributed by atoms with Gasteiger partial charge in [0.25, 0.3) is 11.8 Å². The first-order valence-corrected chi connectivity index (χ1v) is 8.28. The highest BCUT2D eigenvalue weighted by Crippen LogP contribution is 2.28.